The maximum Gasteiger partial charge on any atom is 0.255 e. The van der Waals surface area contributed by atoms with Gasteiger partial charge in [-0.3, -0.25) is 9.59 Å². The number of carbonyl (C=O) groups excluding carboxylic acids is 2. The van der Waals surface area contributed by atoms with Crippen LogP contribution in [0.4, 0.5) is 8.78 Å². The number of nitrogens with one attached hydrogen (secondary N) is 1. The molecule has 35 heavy (non-hydrogen) atoms. The van der Waals surface area contributed by atoms with Crippen LogP contribution in [0, 0.1) is 11.6 Å². The van der Waals surface area contributed by atoms with E-state index in [4.69, 9.17) is 4.74 Å². The van der Waals surface area contributed by atoms with Gasteiger partial charge in [0.1, 0.15) is 11.6 Å². The number of fused-ring (bicyclic) bond motifs is 1. The molecular formula is C26H24F2N4O3. The first-order chi connectivity index (χ1) is 16.9. The molecule has 0 bridgehead atoms. The minimum atomic E-state index is -0.767. The fourth-order valence-corrected chi connectivity index (χ4v) is 4.49. The van der Waals surface area contributed by atoms with Crippen molar-refractivity contribution in [3.63, 3.8) is 0 Å². The second kappa shape index (κ2) is 9.50. The number of hydrogen-bond donors (Lipinski definition) is 1. The molecule has 2 aromatic carbocycles. The van der Waals surface area contributed by atoms with Crippen LogP contribution in [0.25, 0.3) is 11.4 Å². The van der Waals surface area contributed by atoms with Crippen LogP contribution in [-0.4, -0.2) is 52.5 Å². The number of halogens is 2. The van der Waals surface area contributed by atoms with E-state index in [1.54, 1.807) is 0 Å². The molecule has 0 saturated carbocycles. The standard InChI is InChI=1S/C26H24F2N4O3/c1-15-14-35-10-9-32(15)22(33)12-17-7-5-16(6-8-17)11-20-24-21(13-29-26(24)34)31-25(30-20)23-18(27)3-2-4-19(23)28/h2-8,15H,9-14H2,1H3,(H,29,34)/t15-/m0/s1. The van der Waals surface area contributed by atoms with Crippen molar-refractivity contribution < 1.29 is 23.1 Å². The van der Waals surface area contributed by atoms with E-state index in [2.05, 4.69) is 15.3 Å². The Morgan fingerprint density at radius 2 is 1.80 bits per heavy atom. The highest BCUT2D eigenvalue weighted by atomic mass is 19.1. The van der Waals surface area contributed by atoms with E-state index < -0.39 is 11.6 Å². The van der Waals surface area contributed by atoms with Crippen molar-refractivity contribution in [3.8, 4) is 11.4 Å². The Kier molecular flexibility index (Phi) is 6.25. The summed E-state index contributed by atoms with van der Waals surface area (Å²) in [4.78, 5) is 35.6. The molecule has 9 heteroatoms. The van der Waals surface area contributed by atoms with E-state index in [1.807, 2.05) is 36.1 Å². The largest absolute Gasteiger partial charge is 0.377 e. The molecule has 2 aliphatic rings. The SMILES string of the molecule is C[C@H]1COCCN1C(=O)Cc1ccc(Cc2nc(-c3c(F)cccc3F)nc3c2C(=O)NC3)cc1. The van der Waals surface area contributed by atoms with Crippen molar-refractivity contribution in [1.29, 1.82) is 0 Å². The first-order valence-electron chi connectivity index (χ1n) is 11.5. The maximum atomic E-state index is 14.4. The Morgan fingerprint density at radius 1 is 1.09 bits per heavy atom. The van der Waals surface area contributed by atoms with Crippen LogP contribution in [0.5, 0.6) is 0 Å². The summed E-state index contributed by atoms with van der Waals surface area (Å²) in [6, 6.07) is 11.1. The quantitative estimate of drug-likeness (QED) is 0.610. The molecule has 3 heterocycles. The number of aromatic nitrogens is 2. The van der Waals surface area contributed by atoms with Crippen LogP contribution in [0.2, 0.25) is 0 Å². The molecule has 0 spiro atoms. The van der Waals surface area contributed by atoms with Gasteiger partial charge in [0.05, 0.1) is 54.7 Å². The third-order valence-electron chi connectivity index (χ3n) is 6.33. The van der Waals surface area contributed by atoms with Gasteiger partial charge in [0.2, 0.25) is 5.91 Å². The number of rotatable bonds is 5. The molecule has 180 valence electrons. The second-order valence-electron chi connectivity index (χ2n) is 8.78. The lowest BCUT2D eigenvalue weighted by molar-refractivity contribution is -0.138. The zero-order valence-corrected chi connectivity index (χ0v) is 19.2. The lowest BCUT2D eigenvalue weighted by atomic mass is 10.0. The fraction of sp³-hybridized carbons (Fsp3) is 0.308. The van der Waals surface area contributed by atoms with Crippen LogP contribution in [0.1, 0.15) is 39.8 Å². The first-order valence-corrected chi connectivity index (χ1v) is 11.5. The Morgan fingerprint density at radius 3 is 2.51 bits per heavy atom. The van der Waals surface area contributed by atoms with Crippen molar-refractivity contribution in [3.05, 3.63) is 82.2 Å². The van der Waals surface area contributed by atoms with E-state index in [0.717, 1.165) is 23.3 Å². The first kappa shape index (κ1) is 23.0. The number of ether oxygens (including phenoxy) is 1. The molecule has 0 radical (unpaired) electrons. The maximum absolute atomic E-state index is 14.4. The number of carbonyl (C=O) groups is 2. The summed E-state index contributed by atoms with van der Waals surface area (Å²) in [6.45, 7) is 3.82. The third kappa shape index (κ3) is 4.64. The highest BCUT2D eigenvalue weighted by Crippen LogP contribution is 2.28. The highest BCUT2D eigenvalue weighted by Gasteiger charge is 2.28. The predicted molar refractivity (Wildman–Crippen MR) is 124 cm³/mol. The van der Waals surface area contributed by atoms with Crippen LogP contribution >= 0.6 is 0 Å². The average Bonchev–Trinajstić information content (AvgIpc) is 3.21. The van der Waals surface area contributed by atoms with E-state index in [1.165, 1.54) is 6.07 Å². The molecule has 1 fully saturated rings. The summed E-state index contributed by atoms with van der Waals surface area (Å²) in [6.07, 6.45) is 0.558. The van der Waals surface area contributed by atoms with E-state index >= 15 is 0 Å². The summed E-state index contributed by atoms with van der Waals surface area (Å²) in [5, 5.41) is 2.70. The van der Waals surface area contributed by atoms with Crippen molar-refractivity contribution in [2.75, 3.05) is 19.8 Å². The summed E-state index contributed by atoms with van der Waals surface area (Å²) < 4.78 is 34.2. The number of benzene rings is 2. The zero-order valence-electron chi connectivity index (χ0n) is 19.2. The number of amides is 2. The van der Waals surface area contributed by atoms with Crippen molar-refractivity contribution in [2.45, 2.75) is 32.4 Å². The molecule has 5 rings (SSSR count). The average molecular weight is 478 g/mol. The molecule has 1 aromatic heterocycles. The highest BCUT2D eigenvalue weighted by molar-refractivity contribution is 5.99. The Balaban J connectivity index is 1.39. The predicted octanol–water partition coefficient (Wildman–Crippen LogP) is 3.05. The van der Waals surface area contributed by atoms with E-state index in [0.29, 0.717) is 36.7 Å². The molecule has 1 saturated heterocycles. The summed E-state index contributed by atoms with van der Waals surface area (Å²) >= 11 is 0. The minimum Gasteiger partial charge on any atom is -0.377 e. The minimum absolute atomic E-state index is 0.0509. The van der Waals surface area contributed by atoms with Crippen LogP contribution < -0.4 is 5.32 Å². The molecule has 3 aromatic rings. The van der Waals surface area contributed by atoms with Crippen LogP contribution in [-0.2, 0) is 28.9 Å². The molecule has 1 atom stereocenters. The lowest BCUT2D eigenvalue weighted by Gasteiger charge is -2.33. The Hall–Kier alpha value is -3.72. The number of nitrogens with zero attached hydrogens (tertiary/aromatic N) is 3. The monoisotopic (exact) mass is 478 g/mol. The van der Waals surface area contributed by atoms with E-state index in [-0.39, 0.29) is 48.6 Å². The molecular weight excluding hydrogens is 454 g/mol. The van der Waals surface area contributed by atoms with Crippen LogP contribution in [0.3, 0.4) is 0 Å². The molecule has 1 N–H and O–H groups in total. The van der Waals surface area contributed by atoms with Crippen molar-refractivity contribution >= 4 is 11.8 Å². The summed E-state index contributed by atoms with van der Waals surface area (Å²) in [5.74, 6) is -1.88. The third-order valence-corrected chi connectivity index (χ3v) is 6.33. The van der Waals surface area contributed by atoms with Gasteiger partial charge in [0.25, 0.3) is 5.91 Å². The second-order valence-corrected chi connectivity index (χ2v) is 8.78. The van der Waals surface area contributed by atoms with Gasteiger partial charge in [-0.15, -0.1) is 0 Å². The fourth-order valence-electron chi connectivity index (χ4n) is 4.49. The molecule has 2 amide bonds. The normalized spacial score (nSPS) is 17.3. The van der Waals surface area contributed by atoms with Gasteiger partial charge in [0, 0.05) is 13.0 Å². The lowest BCUT2D eigenvalue weighted by Crippen LogP contribution is -2.47. The molecule has 0 unspecified atom stereocenters. The van der Waals surface area contributed by atoms with E-state index in [9.17, 15) is 18.4 Å². The van der Waals surface area contributed by atoms with Gasteiger partial charge >= 0.3 is 0 Å². The van der Waals surface area contributed by atoms with Gasteiger partial charge in [0.15, 0.2) is 5.82 Å². The van der Waals surface area contributed by atoms with Gasteiger partial charge in [-0.25, -0.2) is 18.7 Å². The number of hydrogen-bond acceptors (Lipinski definition) is 5. The van der Waals surface area contributed by atoms with Gasteiger partial charge < -0.3 is 15.0 Å². The Labute approximate surface area is 201 Å². The topological polar surface area (TPSA) is 84.4 Å². The summed E-state index contributed by atoms with van der Waals surface area (Å²) in [5.41, 5.74) is 2.56. The zero-order chi connectivity index (χ0) is 24.5. The summed E-state index contributed by atoms with van der Waals surface area (Å²) in [7, 11) is 0. The molecule has 2 aliphatic heterocycles. The smallest absolute Gasteiger partial charge is 0.255 e. The van der Waals surface area contributed by atoms with Gasteiger partial charge in [-0.1, -0.05) is 30.3 Å². The Bertz CT molecular complexity index is 1280. The van der Waals surface area contributed by atoms with Gasteiger partial charge in [-0.05, 0) is 30.2 Å². The van der Waals surface area contributed by atoms with Crippen molar-refractivity contribution in [2.24, 2.45) is 0 Å². The van der Waals surface area contributed by atoms with Gasteiger partial charge in [-0.2, -0.15) is 0 Å². The molecule has 0 aliphatic carbocycles. The molecule has 7 nitrogen and oxygen atoms in total. The number of morpholine rings is 1. The van der Waals surface area contributed by atoms with Crippen molar-refractivity contribution in [1.82, 2.24) is 20.2 Å². The van der Waals surface area contributed by atoms with Crippen LogP contribution in [0.15, 0.2) is 42.5 Å².